The van der Waals surface area contributed by atoms with Crippen LogP contribution < -0.4 is 15.4 Å². The van der Waals surface area contributed by atoms with Crippen molar-refractivity contribution in [3.05, 3.63) is 54.0 Å². The molecule has 0 saturated heterocycles. The van der Waals surface area contributed by atoms with Crippen molar-refractivity contribution in [2.24, 2.45) is 0 Å². The van der Waals surface area contributed by atoms with Gasteiger partial charge in [0.15, 0.2) is 0 Å². The second-order valence-corrected chi connectivity index (χ2v) is 4.28. The van der Waals surface area contributed by atoms with E-state index < -0.39 is 0 Å². The molecule has 0 spiro atoms. The molecule has 0 saturated carbocycles. The first-order valence-corrected chi connectivity index (χ1v) is 6.57. The third-order valence-corrected chi connectivity index (χ3v) is 2.61. The molecular weight excluding hydrogens is 273 g/mol. The third kappa shape index (κ3) is 4.76. The van der Waals surface area contributed by atoms with Gasteiger partial charge in [0.1, 0.15) is 11.6 Å². The van der Waals surface area contributed by atoms with Gasteiger partial charge in [-0.25, -0.2) is 14.2 Å². The molecule has 0 unspecified atom stereocenters. The highest BCUT2D eigenvalue weighted by Gasteiger charge is 2.02. The molecule has 2 aromatic rings. The van der Waals surface area contributed by atoms with E-state index in [1.54, 1.807) is 30.5 Å². The fourth-order valence-corrected chi connectivity index (χ4v) is 1.63. The minimum Gasteiger partial charge on any atom is -0.439 e. The quantitative estimate of drug-likeness (QED) is 0.889. The van der Waals surface area contributed by atoms with Crippen molar-refractivity contribution >= 4 is 6.03 Å². The highest BCUT2D eigenvalue weighted by Crippen LogP contribution is 2.19. The molecule has 0 aliphatic carbocycles. The number of carbonyl (C=O) groups is 1. The molecule has 0 fully saturated rings. The molecule has 1 heterocycles. The maximum Gasteiger partial charge on any atom is 0.315 e. The minimum absolute atomic E-state index is 0.224. The Morgan fingerprint density at radius 3 is 2.81 bits per heavy atom. The van der Waals surface area contributed by atoms with Crippen LogP contribution in [0.25, 0.3) is 0 Å². The van der Waals surface area contributed by atoms with Gasteiger partial charge in [0.25, 0.3) is 0 Å². The third-order valence-electron chi connectivity index (χ3n) is 2.61. The van der Waals surface area contributed by atoms with Crippen LogP contribution in [-0.4, -0.2) is 17.6 Å². The Balaban J connectivity index is 1.91. The summed E-state index contributed by atoms with van der Waals surface area (Å²) in [6.07, 6.45) is 1.60. The summed E-state index contributed by atoms with van der Waals surface area (Å²) in [7, 11) is 0. The topological polar surface area (TPSA) is 63.2 Å². The van der Waals surface area contributed by atoms with Crippen LogP contribution in [0.5, 0.6) is 11.6 Å². The van der Waals surface area contributed by atoms with Crippen molar-refractivity contribution in [2.45, 2.75) is 13.5 Å². The first-order chi connectivity index (χ1) is 10.2. The van der Waals surface area contributed by atoms with Crippen LogP contribution in [0.1, 0.15) is 12.5 Å². The molecule has 0 aliphatic heterocycles. The van der Waals surface area contributed by atoms with E-state index in [2.05, 4.69) is 15.6 Å². The number of ether oxygens (including phenoxy) is 1. The van der Waals surface area contributed by atoms with E-state index in [1.165, 1.54) is 12.1 Å². The van der Waals surface area contributed by atoms with Gasteiger partial charge >= 0.3 is 6.03 Å². The molecule has 21 heavy (non-hydrogen) atoms. The van der Waals surface area contributed by atoms with Crippen molar-refractivity contribution in [3.8, 4) is 11.6 Å². The number of hydrogen-bond donors (Lipinski definition) is 2. The Hall–Kier alpha value is -2.63. The number of rotatable bonds is 5. The molecule has 5 nitrogen and oxygen atoms in total. The zero-order valence-electron chi connectivity index (χ0n) is 11.6. The first-order valence-electron chi connectivity index (χ1n) is 6.57. The summed E-state index contributed by atoms with van der Waals surface area (Å²) in [6, 6.07) is 9.07. The van der Waals surface area contributed by atoms with Gasteiger partial charge < -0.3 is 15.4 Å². The summed E-state index contributed by atoms with van der Waals surface area (Å²) in [5.41, 5.74) is 0.841. The molecule has 0 atom stereocenters. The van der Waals surface area contributed by atoms with Gasteiger partial charge in [-0.3, -0.25) is 0 Å². The summed E-state index contributed by atoms with van der Waals surface area (Å²) in [5, 5.41) is 5.33. The van der Waals surface area contributed by atoms with Crippen molar-refractivity contribution in [2.75, 3.05) is 6.54 Å². The van der Waals surface area contributed by atoms with E-state index in [-0.39, 0.29) is 11.8 Å². The van der Waals surface area contributed by atoms with E-state index in [9.17, 15) is 9.18 Å². The second kappa shape index (κ2) is 7.23. The molecular formula is C15H16FN3O2. The van der Waals surface area contributed by atoms with Crippen LogP contribution in [0.3, 0.4) is 0 Å². The molecule has 2 rings (SSSR count). The molecule has 2 amide bonds. The van der Waals surface area contributed by atoms with Crippen LogP contribution in [0.2, 0.25) is 0 Å². The van der Waals surface area contributed by atoms with Crippen molar-refractivity contribution < 1.29 is 13.9 Å². The lowest BCUT2D eigenvalue weighted by Crippen LogP contribution is -2.34. The predicted octanol–water partition coefficient (Wildman–Crippen LogP) is 2.83. The van der Waals surface area contributed by atoms with Gasteiger partial charge in [-0.15, -0.1) is 0 Å². The van der Waals surface area contributed by atoms with Crippen LogP contribution in [0.4, 0.5) is 9.18 Å². The number of carbonyl (C=O) groups excluding carboxylic acids is 1. The van der Waals surface area contributed by atoms with Gasteiger partial charge in [-0.05, 0) is 24.6 Å². The van der Waals surface area contributed by atoms with Gasteiger partial charge in [-0.1, -0.05) is 12.1 Å². The lowest BCUT2D eigenvalue weighted by Gasteiger charge is -2.07. The van der Waals surface area contributed by atoms with E-state index in [1.807, 2.05) is 6.92 Å². The molecule has 1 aromatic carbocycles. The van der Waals surface area contributed by atoms with Crippen LogP contribution in [-0.2, 0) is 6.54 Å². The Labute approximate surface area is 122 Å². The van der Waals surface area contributed by atoms with Crippen molar-refractivity contribution in [3.63, 3.8) is 0 Å². The molecule has 110 valence electrons. The first kappa shape index (κ1) is 14.8. The molecule has 0 radical (unpaired) electrons. The lowest BCUT2D eigenvalue weighted by atomic mass is 10.3. The largest absolute Gasteiger partial charge is 0.439 e. The highest BCUT2D eigenvalue weighted by molar-refractivity contribution is 5.73. The van der Waals surface area contributed by atoms with Crippen LogP contribution in [0.15, 0.2) is 42.6 Å². The number of nitrogens with zero attached hydrogens (tertiary/aromatic N) is 1. The lowest BCUT2D eigenvalue weighted by molar-refractivity contribution is 0.241. The summed E-state index contributed by atoms with van der Waals surface area (Å²) < 4.78 is 18.5. The highest BCUT2D eigenvalue weighted by atomic mass is 19.1. The molecule has 1 aromatic heterocycles. The monoisotopic (exact) mass is 289 g/mol. The second-order valence-electron chi connectivity index (χ2n) is 4.28. The predicted molar refractivity (Wildman–Crippen MR) is 76.6 cm³/mol. The summed E-state index contributed by atoms with van der Waals surface area (Å²) in [6.45, 7) is 2.79. The van der Waals surface area contributed by atoms with Gasteiger partial charge in [0.05, 0.1) is 0 Å². The Morgan fingerprint density at radius 1 is 1.29 bits per heavy atom. The van der Waals surface area contributed by atoms with Gasteiger partial charge in [-0.2, -0.15) is 0 Å². The van der Waals surface area contributed by atoms with Crippen molar-refractivity contribution in [1.29, 1.82) is 0 Å². The SMILES string of the molecule is CCNC(=O)NCc1ccc(Oc2cccc(F)c2)nc1. The Kier molecular flexibility index (Phi) is 5.09. The van der Waals surface area contributed by atoms with E-state index in [0.717, 1.165) is 5.56 Å². The van der Waals surface area contributed by atoms with E-state index in [4.69, 9.17) is 4.74 Å². The number of amides is 2. The number of halogens is 1. The average molecular weight is 289 g/mol. The smallest absolute Gasteiger partial charge is 0.315 e. The fraction of sp³-hybridized carbons (Fsp3) is 0.200. The normalized spacial score (nSPS) is 10.0. The Morgan fingerprint density at radius 2 is 2.14 bits per heavy atom. The summed E-state index contributed by atoms with van der Waals surface area (Å²) >= 11 is 0. The average Bonchev–Trinajstić information content (AvgIpc) is 2.47. The number of pyridine rings is 1. The fourth-order valence-electron chi connectivity index (χ4n) is 1.63. The zero-order chi connectivity index (χ0) is 15.1. The molecule has 0 aliphatic rings. The number of urea groups is 1. The number of benzene rings is 1. The van der Waals surface area contributed by atoms with Crippen molar-refractivity contribution in [1.82, 2.24) is 15.6 Å². The number of hydrogen-bond acceptors (Lipinski definition) is 3. The summed E-state index contributed by atoms with van der Waals surface area (Å²) in [4.78, 5) is 15.4. The standard InChI is InChI=1S/C15H16FN3O2/c1-2-17-15(20)19-10-11-6-7-14(18-9-11)21-13-5-3-4-12(16)8-13/h3-9H,2,10H2,1H3,(H2,17,19,20). The van der Waals surface area contributed by atoms with E-state index >= 15 is 0 Å². The molecule has 0 bridgehead atoms. The number of aromatic nitrogens is 1. The van der Waals surface area contributed by atoms with Gasteiger partial charge in [0.2, 0.25) is 5.88 Å². The van der Waals surface area contributed by atoms with Crippen LogP contribution in [0, 0.1) is 5.82 Å². The molecule has 6 heteroatoms. The number of nitrogens with one attached hydrogen (secondary N) is 2. The van der Waals surface area contributed by atoms with Gasteiger partial charge in [0, 0.05) is 31.4 Å². The minimum atomic E-state index is -0.366. The maximum atomic E-state index is 13.0. The summed E-state index contributed by atoms with van der Waals surface area (Å²) in [5.74, 6) is 0.383. The zero-order valence-corrected chi connectivity index (χ0v) is 11.6. The maximum absolute atomic E-state index is 13.0. The Bertz CT molecular complexity index is 602. The van der Waals surface area contributed by atoms with Crippen LogP contribution >= 0.6 is 0 Å². The molecule has 2 N–H and O–H groups in total. The van der Waals surface area contributed by atoms with E-state index in [0.29, 0.717) is 24.7 Å².